The van der Waals surface area contributed by atoms with E-state index < -0.39 is 55.4 Å². The average molecular weight is 791 g/mol. The van der Waals surface area contributed by atoms with E-state index in [1.807, 2.05) is 0 Å². The fourth-order valence-corrected chi connectivity index (χ4v) is 6.11. The number of carbonyl (C=O) groups is 2. The van der Waals surface area contributed by atoms with Crippen LogP contribution >= 0.6 is 0 Å². The Kier molecular flexibility index (Phi) is 33.7. The number of ether oxygens (including phenoxy) is 4. The van der Waals surface area contributed by atoms with Gasteiger partial charge in [0.1, 0.15) is 31.0 Å². The van der Waals surface area contributed by atoms with Gasteiger partial charge in [0.25, 0.3) is 0 Å². The van der Waals surface area contributed by atoms with Gasteiger partial charge in [-0.2, -0.15) is 0 Å². The van der Waals surface area contributed by atoms with Crippen molar-refractivity contribution < 1.29 is 49.0 Å². The molecule has 10 nitrogen and oxygen atoms in total. The molecule has 0 aromatic carbocycles. The molecule has 10 heteroatoms. The Hall–Kier alpha value is -2.60. The zero-order chi connectivity index (χ0) is 40.9. The van der Waals surface area contributed by atoms with Gasteiger partial charge in [-0.1, -0.05) is 126 Å². The second-order valence-corrected chi connectivity index (χ2v) is 14.8. The van der Waals surface area contributed by atoms with Crippen LogP contribution in [0.3, 0.4) is 0 Å². The highest BCUT2D eigenvalue weighted by atomic mass is 16.7. The number of esters is 2. The molecule has 0 radical (unpaired) electrons. The Bertz CT molecular complexity index is 1100. The molecule has 1 aliphatic heterocycles. The van der Waals surface area contributed by atoms with Crippen LogP contribution in [-0.2, 0) is 28.5 Å². The first-order valence-corrected chi connectivity index (χ1v) is 21.9. The van der Waals surface area contributed by atoms with Gasteiger partial charge in [-0.25, -0.2) is 0 Å². The van der Waals surface area contributed by atoms with Crippen LogP contribution in [-0.4, -0.2) is 89.0 Å². The average Bonchev–Trinajstić information content (AvgIpc) is 3.19. The molecule has 0 aromatic rings. The molecule has 1 fully saturated rings. The smallest absolute Gasteiger partial charge is 0.306 e. The number of unbranched alkanes of at least 4 members (excludes halogenated alkanes) is 14. The first-order valence-electron chi connectivity index (χ1n) is 21.9. The van der Waals surface area contributed by atoms with Crippen LogP contribution in [0.4, 0.5) is 0 Å². The first kappa shape index (κ1) is 51.4. The van der Waals surface area contributed by atoms with Gasteiger partial charge in [0.05, 0.1) is 13.2 Å². The fraction of sp³-hybridized carbons (Fsp3) is 0.739. The Morgan fingerprint density at radius 3 is 1.54 bits per heavy atom. The molecule has 0 amide bonds. The van der Waals surface area contributed by atoms with E-state index in [0.29, 0.717) is 12.8 Å². The normalized spacial score (nSPS) is 21.0. The van der Waals surface area contributed by atoms with Gasteiger partial charge < -0.3 is 39.4 Å². The number of rotatable bonds is 35. The molecule has 1 heterocycles. The highest BCUT2D eigenvalue weighted by Crippen LogP contribution is 2.22. The van der Waals surface area contributed by atoms with Gasteiger partial charge in [-0.15, -0.1) is 0 Å². The van der Waals surface area contributed by atoms with Crippen molar-refractivity contribution in [1.29, 1.82) is 0 Å². The van der Waals surface area contributed by atoms with Crippen molar-refractivity contribution in [3.05, 3.63) is 60.8 Å². The third kappa shape index (κ3) is 27.9. The number of hydrogen-bond donors (Lipinski definition) is 4. The molecule has 56 heavy (non-hydrogen) atoms. The minimum Gasteiger partial charge on any atom is -0.462 e. The van der Waals surface area contributed by atoms with Gasteiger partial charge in [0, 0.05) is 12.8 Å². The molecular weight excluding hydrogens is 712 g/mol. The summed E-state index contributed by atoms with van der Waals surface area (Å²) in [5.41, 5.74) is 0. The van der Waals surface area contributed by atoms with Crippen LogP contribution < -0.4 is 0 Å². The molecule has 322 valence electrons. The fourth-order valence-electron chi connectivity index (χ4n) is 6.11. The van der Waals surface area contributed by atoms with E-state index in [0.717, 1.165) is 77.0 Å². The van der Waals surface area contributed by atoms with E-state index >= 15 is 0 Å². The van der Waals surface area contributed by atoms with Crippen molar-refractivity contribution in [2.45, 2.75) is 198 Å². The molecular formula is C46H78O10. The highest BCUT2D eigenvalue weighted by molar-refractivity contribution is 5.70. The Labute approximate surface area is 339 Å². The van der Waals surface area contributed by atoms with E-state index in [1.165, 1.54) is 44.9 Å². The minimum atomic E-state index is -1.60. The summed E-state index contributed by atoms with van der Waals surface area (Å²) in [6, 6.07) is 0. The number of allylic oxidation sites excluding steroid dienone is 10. The van der Waals surface area contributed by atoms with Gasteiger partial charge in [0.15, 0.2) is 12.4 Å². The summed E-state index contributed by atoms with van der Waals surface area (Å²) >= 11 is 0. The zero-order valence-electron chi connectivity index (χ0n) is 34.9. The maximum Gasteiger partial charge on any atom is 0.306 e. The molecule has 0 aliphatic carbocycles. The molecule has 0 spiro atoms. The van der Waals surface area contributed by atoms with E-state index in [9.17, 15) is 30.0 Å². The van der Waals surface area contributed by atoms with Crippen LogP contribution in [0.15, 0.2) is 60.8 Å². The molecule has 2 unspecified atom stereocenters. The summed E-state index contributed by atoms with van der Waals surface area (Å²) in [6.07, 6.45) is 36.5. The summed E-state index contributed by atoms with van der Waals surface area (Å²) in [4.78, 5) is 25.3. The third-order valence-electron chi connectivity index (χ3n) is 9.63. The lowest BCUT2D eigenvalue weighted by Crippen LogP contribution is -2.59. The largest absolute Gasteiger partial charge is 0.462 e. The lowest BCUT2D eigenvalue weighted by Gasteiger charge is -2.39. The standard InChI is InChI=1S/C46H78O10/c1-3-5-7-9-11-13-15-17-18-19-20-21-22-23-25-27-29-31-33-35-42(49)55-39(38-54-46-45(52)44(51)43(50)40(36-47)56-46)37-53-41(48)34-32-30-28-26-24-16-14-12-10-8-6-4-2/h11-14,17-18,20-21,23,25,39-40,43-47,50-52H,3-10,15-16,19,22,24,26-38H2,1-2H3/b13-11+,14-12+,18-17+,21-20+,25-23+/t39-,40-,43+,44?,45?,46-/m1/s1. The monoisotopic (exact) mass is 791 g/mol. The maximum atomic E-state index is 12.7. The topological polar surface area (TPSA) is 152 Å². The highest BCUT2D eigenvalue weighted by Gasteiger charge is 2.44. The molecule has 1 saturated heterocycles. The molecule has 0 aromatic heterocycles. The molecule has 0 bridgehead atoms. The number of aliphatic hydroxyl groups is 4. The summed E-state index contributed by atoms with van der Waals surface area (Å²) in [7, 11) is 0. The summed E-state index contributed by atoms with van der Waals surface area (Å²) in [6.45, 7) is 3.31. The Morgan fingerprint density at radius 2 is 1.00 bits per heavy atom. The predicted molar refractivity (Wildman–Crippen MR) is 224 cm³/mol. The van der Waals surface area contributed by atoms with Crippen molar-refractivity contribution in [3.8, 4) is 0 Å². The van der Waals surface area contributed by atoms with E-state index in [1.54, 1.807) is 0 Å². The quantitative estimate of drug-likeness (QED) is 0.0278. The second kappa shape index (κ2) is 36.7. The second-order valence-electron chi connectivity index (χ2n) is 14.8. The van der Waals surface area contributed by atoms with Crippen LogP contribution in [0, 0.1) is 0 Å². The van der Waals surface area contributed by atoms with Crippen LogP contribution in [0.25, 0.3) is 0 Å². The van der Waals surface area contributed by atoms with Gasteiger partial charge in [-0.05, 0) is 83.5 Å². The molecule has 4 N–H and O–H groups in total. The number of aliphatic hydroxyl groups excluding tert-OH is 4. The van der Waals surface area contributed by atoms with Crippen molar-refractivity contribution in [3.63, 3.8) is 0 Å². The third-order valence-corrected chi connectivity index (χ3v) is 9.63. The van der Waals surface area contributed by atoms with Gasteiger partial charge in [-0.3, -0.25) is 9.59 Å². The Morgan fingerprint density at radius 1 is 0.554 bits per heavy atom. The van der Waals surface area contributed by atoms with Crippen molar-refractivity contribution >= 4 is 11.9 Å². The van der Waals surface area contributed by atoms with E-state index in [4.69, 9.17) is 18.9 Å². The van der Waals surface area contributed by atoms with Crippen molar-refractivity contribution in [2.24, 2.45) is 0 Å². The molecule has 0 saturated carbocycles. The predicted octanol–water partition coefficient (Wildman–Crippen LogP) is 9.05. The van der Waals surface area contributed by atoms with Crippen LogP contribution in [0.5, 0.6) is 0 Å². The number of hydrogen-bond acceptors (Lipinski definition) is 10. The molecule has 6 atom stereocenters. The van der Waals surface area contributed by atoms with Crippen molar-refractivity contribution in [2.75, 3.05) is 19.8 Å². The Balaban J connectivity index is 2.38. The first-order chi connectivity index (χ1) is 27.3. The van der Waals surface area contributed by atoms with Crippen molar-refractivity contribution in [1.82, 2.24) is 0 Å². The van der Waals surface area contributed by atoms with Gasteiger partial charge >= 0.3 is 11.9 Å². The SMILES string of the molecule is CCCCC/C=C/C/C=C/C/C=C/C/C=C/CCCCCC(=O)O[C@H](COC(=O)CCCCCCC/C=C/CCCCC)CO[C@@H]1O[C@H](CO)[C@H](O)C(O)C1O. The van der Waals surface area contributed by atoms with Gasteiger partial charge in [0.2, 0.25) is 0 Å². The lowest BCUT2D eigenvalue weighted by molar-refractivity contribution is -0.305. The maximum absolute atomic E-state index is 12.7. The minimum absolute atomic E-state index is 0.188. The summed E-state index contributed by atoms with van der Waals surface area (Å²) in [5, 5.41) is 40.0. The number of carbonyl (C=O) groups excluding carboxylic acids is 2. The van der Waals surface area contributed by atoms with Crippen LogP contribution in [0.2, 0.25) is 0 Å². The van der Waals surface area contributed by atoms with E-state index in [-0.39, 0.29) is 26.1 Å². The molecule has 1 aliphatic rings. The summed E-state index contributed by atoms with van der Waals surface area (Å²) in [5.74, 6) is -0.859. The lowest BCUT2D eigenvalue weighted by atomic mass is 9.99. The molecule has 1 rings (SSSR count). The van der Waals surface area contributed by atoms with E-state index in [2.05, 4.69) is 74.6 Å². The summed E-state index contributed by atoms with van der Waals surface area (Å²) < 4.78 is 22.1. The zero-order valence-corrected chi connectivity index (χ0v) is 34.9. The van der Waals surface area contributed by atoms with Crippen LogP contribution in [0.1, 0.15) is 162 Å².